The molecule has 0 saturated carbocycles. The number of benzene rings is 1. The van der Waals surface area contributed by atoms with E-state index in [1.165, 1.54) is 0 Å². The van der Waals surface area contributed by atoms with Gasteiger partial charge < -0.3 is 4.74 Å². The van der Waals surface area contributed by atoms with Crippen LogP contribution < -0.4 is 4.74 Å². The predicted octanol–water partition coefficient (Wildman–Crippen LogP) is 3.48. The van der Waals surface area contributed by atoms with Crippen LogP contribution in [-0.2, 0) is 13.1 Å². The van der Waals surface area contributed by atoms with Gasteiger partial charge in [0.05, 0.1) is 12.8 Å². The molecule has 0 aliphatic rings. The van der Waals surface area contributed by atoms with Crippen LogP contribution in [0.4, 0.5) is 0 Å². The lowest BCUT2D eigenvalue weighted by atomic mass is 10.2. The van der Waals surface area contributed by atoms with Gasteiger partial charge in [-0.1, -0.05) is 22.0 Å². The van der Waals surface area contributed by atoms with E-state index in [9.17, 15) is 0 Å². The molecule has 4 heteroatoms. The van der Waals surface area contributed by atoms with E-state index in [0.717, 1.165) is 34.6 Å². The quantitative estimate of drug-likeness (QED) is 0.843. The normalized spacial score (nSPS) is 10.7. The fourth-order valence-electron chi connectivity index (χ4n) is 1.99. The summed E-state index contributed by atoms with van der Waals surface area (Å²) in [6.45, 7) is 1.63. The van der Waals surface area contributed by atoms with Crippen molar-refractivity contribution in [2.45, 2.75) is 13.1 Å². The van der Waals surface area contributed by atoms with Crippen molar-refractivity contribution < 1.29 is 4.74 Å². The number of aromatic nitrogens is 1. The topological polar surface area (TPSA) is 25.4 Å². The fraction of sp³-hybridized carbons (Fsp3) is 0.267. The smallest absolute Gasteiger partial charge is 0.123 e. The van der Waals surface area contributed by atoms with Gasteiger partial charge in [0, 0.05) is 29.3 Å². The highest BCUT2D eigenvalue weighted by Gasteiger charge is 2.08. The van der Waals surface area contributed by atoms with Gasteiger partial charge in [-0.25, -0.2) is 0 Å². The maximum atomic E-state index is 5.39. The van der Waals surface area contributed by atoms with Gasteiger partial charge in [0.25, 0.3) is 0 Å². The Morgan fingerprint density at radius 2 is 2.05 bits per heavy atom. The van der Waals surface area contributed by atoms with Gasteiger partial charge in [0.2, 0.25) is 0 Å². The van der Waals surface area contributed by atoms with E-state index in [0.29, 0.717) is 0 Å². The Balaban J connectivity index is 2.06. The van der Waals surface area contributed by atoms with E-state index in [1.807, 2.05) is 36.5 Å². The van der Waals surface area contributed by atoms with Crippen molar-refractivity contribution in [1.82, 2.24) is 9.88 Å². The minimum atomic E-state index is 0.816. The van der Waals surface area contributed by atoms with Crippen LogP contribution in [-0.4, -0.2) is 24.0 Å². The summed E-state index contributed by atoms with van der Waals surface area (Å²) in [5.41, 5.74) is 2.23. The van der Waals surface area contributed by atoms with Crippen molar-refractivity contribution in [2.75, 3.05) is 14.2 Å². The average Bonchev–Trinajstić information content (AvgIpc) is 2.40. The van der Waals surface area contributed by atoms with Gasteiger partial charge in [-0.3, -0.25) is 9.88 Å². The Bertz CT molecular complexity index is 531. The van der Waals surface area contributed by atoms with Gasteiger partial charge in [0.1, 0.15) is 5.75 Å². The van der Waals surface area contributed by atoms with Gasteiger partial charge in [-0.15, -0.1) is 0 Å². The number of rotatable bonds is 5. The Labute approximate surface area is 122 Å². The molecule has 0 fully saturated rings. The molecule has 0 spiro atoms. The zero-order valence-electron chi connectivity index (χ0n) is 11.1. The standard InChI is InChI=1S/C15H17BrN2O/c1-18(11-14-5-3-4-8-17-14)10-12-9-13(16)6-7-15(12)19-2/h3-9H,10-11H2,1-2H3. The molecule has 0 aliphatic heterocycles. The summed E-state index contributed by atoms with van der Waals surface area (Å²) in [6.07, 6.45) is 1.82. The molecule has 0 atom stereocenters. The van der Waals surface area contributed by atoms with Crippen molar-refractivity contribution in [1.29, 1.82) is 0 Å². The molecule has 1 heterocycles. The number of halogens is 1. The molecule has 100 valence electrons. The zero-order chi connectivity index (χ0) is 13.7. The van der Waals surface area contributed by atoms with Crippen molar-refractivity contribution in [3.05, 3.63) is 58.3 Å². The molecular weight excluding hydrogens is 304 g/mol. The second kappa shape index (κ2) is 6.68. The van der Waals surface area contributed by atoms with Crippen molar-refractivity contribution >= 4 is 15.9 Å². The maximum absolute atomic E-state index is 5.39. The molecule has 0 bridgehead atoms. The molecule has 2 rings (SSSR count). The first-order valence-electron chi connectivity index (χ1n) is 6.10. The first kappa shape index (κ1) is 14.0. The molecule has 0 N–H and O–H groups in total. The number of ether oxygens (including phenoxy) is 1. The summed E-state index contributed by atoms with van der Waals surface area (Å²) in [4.78, 5) is 6.55. The molecule has 1 aromatic heterocycles. The first-order valence-corrected chi connectivity index (χ1v) is 6.89. The summed E-state index contributed by atoms with van der Waals surface area (Å²) >= 11 is 3.50. The summed E-state index contributed by atoms with van der Waals surface area (Å²) < 4.78 is 6.45. The Kier molecular flexibility index (Phi) is 4.93. The molecular formula is C15H17BrN2O. The molecule has 0 unspecified atom stereocenters. The number of nitrogens with zero attached hydrogens (tertiary/aromatic N) is 2. The minimum Gasteiger partial charge on any atom is -0.496 e. The SMILES string of the molecule is COc1ccc(Br)cc1CN(C)Cc1ccccn1. The summed E-state index contributed by atoms with van der Waals surface area (Å²) in [6, 6.07) is 12.0. The predicted molar refractivity (Wildman–Crippen MR) is 80.1 cm³/mol. The first-order chi connectivity index (χ1) is 9.19. The third-order valence-corrected chi connectivity index (χ3v) is 3.33. The molecule has 2 aromatic rings. The lowest BCUT2D eigenvalue weighted by Gasteiger charge is -2.18. The summed E-state index contributed by atoms with van der Waals surface area (Å²) in [5, 5.41) is 0. The molecule has 3 nitrogen and oxygen atoms in total. The highest BCUT2D eigenvalue weighted by atomic mass is 79.9. The molecule has 1 aromatic carbocycles. The second-order valence-corrected chi connectivity index (χ2v) is 5.37. The summed E-state index contributed by atoms with van der Waals surface area (Å²) in [5.74, 6) is 0.913. The molecule has 19 heavy (non-hydrogen) atoms. The van der Waals surface area contributed by atoms with Gasteiger partial charge in [-0.2, -0.15) is 0 Å². The van der Waals surface area contributed by atoms with Crippen LogP contribution in [0.2, 0.25) is 0 Å². The third-order valence-electron chi connectivity index (χ3n) is 2.84. The average molecular weight is 321 g/mol. The van der Waals surface area contributed by atoms with E-state index >= 15 is 0 Å². The molecule has 0 saturated heterocycles. The van der Waals surface area contributed by atoms with Crippen LogP contribution in [0.25, 0.3) is 0 Å². The Hall–Kier alpha value is -1.39. The van der Waals surface area contributed by atoms with Crippen LogP contribution >= 0.6 is 15.9 Å². The van der Waals surface area contributed by atoms with E-state index in [4.69, 9.17) is 4.74 Å². The van der Waals surface area contributed by atoms with Crippen LogP contribution in [0.3, 0.4) is 0 Å². The summed E-state index contributed by atoms with van der Waals surface area (Å²) in [7, 11) is 3.78. The zero-order valence-corrected chi connectivity index (χ0v) is 12.7. The van der Waals surface area contributed by atoms with Crippen molar-refractivity contribution in [2.24, 2.45) is 0 Å². The molecule has 0 amide bonds. The lowest BCUT2D eigenvalue weighted by Crippen LogP contribution is -2.18. The largest absolute Gasteiger partial charge is 0.496 e. The van der Waals surface area contributed by atoms with Crippen molar-refractivity contribution in [3.8, 4) is 5.75 Å². The second-order valence-electron chi connectivity index (χ2n) is 4.45. The number of methoxy groups -OCH3 is 1. The van der Waals surface area contributed by atoms with Crippen LogP contribution in [0.1, 0.15) is 11.3 Å². The monoisotopic (exact) mass is 320 g/mol. The van der Waals surface area contributed by atoms with Crippen LogP contribution in [0.15, 0.2) is 47.1 Å². The highest BCUT2D eigenvalue weighted by molar-refractivity contribution is 9.10. The lowest BCUT2D eigenvalue weighted by molar-refractivity contribution is 0.306. The number of hydrogen-bond donors (Lipinski definition) is 0. The maximum Gasteiger partial charge on any atom is 0.123 e. The molecule has 0 radical (unpaired) electrons. The molecule has 0 aliphatic carbocycles. The van der Waals surface area contributed by atoms with Crippen LogP contribution in [0, 0.1) is 0 Å². The Morgan fingerprint density at radius 1 is 1.21 bits per heavy atom. The van der Waals surface area contributed by atoms with Crippen LogP contribution in [0.5, 0.6) is 5.75 Å². The van der Waals surface area contributed by atoms with Gasteiger partial charge in [-0.05, 0) is 37.4 Å². The van der Waals surface area contributed by atoms with Gasteiger partial charge in [0.15, 0.2) is 0 Å². The van der Waals surface area contributed by atoms with Crippen molar-refractivity contribution in [3.63, 3.8) is 0 Å². The minimum absolute atomic E-state index is 0.816. The number of pyridine rings is 1. The van der Waals surface area contributed by atoms with E-state index in [1.54, 1.807) is 7.11 Å². The Morgan fingerprint density at radius 3 is 2.74 bits per heavy atom. The van der Waals surface area contributed by atoms with Gasteiger partial charge >= 0.3 is 0 Å². The van der Waals surface area contributed by atoms with E-state index < -0.39 is 0 Å². The third kappa shape index (κ3) is 4.04. The highest BCUT2D eigenvalue weighted by Crippen LogP contribution is 2.24. The van der Waals surface area contributed by atoms with E-state index in [-0.39, 0.29) is 0 Å². The number of hydrogen-bond acceptors (Lipinski definition) is 3. The fourth-order valence-corrected chi connectivity index (χ4v) is 2.39. The van der Waals surface area contributed by atoms with E-state index in [2.05, 4.69) is 38.9 Å².